The normalized spacial score (nSPS) is 10.8. The number of pyridine rings is 1. The van der Waals surface area contributed by atoms with Crippen LogP contribution >= 0.6 is 0 Å². The Bertz CT molecular complexity index is 898. The van der Waals surface area contributed by atoms with Gasteiger partial charge in [-0.05, 0) is 48.4 Å². The number of halogens is 1. The monoisotopic (exact) mass is 311 g/mol. The van der Waals surface area contributed by atoms with E-state index in [-0.39, 0.29) is 17.8 Å². The van der Waals surface area contributed by atoms with Crippen molar-refractivity contribution in [1.29, 1.82) is 0 Å². The second kappa shape index (κ2) is 6.04. The van der Waals surface area contributed by atoms with E-state index in [4.69, 9.17) is 5.11 Å². The van der Waals surface area contributed by atoms with Gasteiger partial charge in [-0.1, -0.05) is 12.1 Å². The lowest BCUT2D eigenvalue weighted by Crippen LogP contribution is -2.09. The van der Waals surface area contributed by atoms with Crippen LogP contribution < -0.4 is 0 Å². The Balaban J connectivity index is 2.06. The molecule has 0 spiro atoms. The van der Waals surface area contributed by atoms with Crippen LogP contribution in [0.4, 0.5) is 4.39 Å². The van der Waals surface area contributed by atoms with Gasteiger partial charge < -0.3 is 9.51 Å². The summed E-state index contributed by atoms with van der Waals surface area (Å²) in [5.41, 5.74) is 2.21. The van der Waals surface area contributed by atoms with Crippen LogP contribution in [-0.2, 0) is 11.2 Å². The van der Waals surface area contributed by atoms with Crippen molar-refractivity contribution in [2.45, 2.75) is 12.8 Å². The second-order valence-corrected chi connectivity index (χ2v) is 5.29. The smallest absolute Gasteiger partial charge is 0.303 e. The van der Waals surface area contributed by atoms with E-state index >= 15 is 0 Å². The molecule has 5 heteroatoms. The quantitative estimate of drug-likeness (QED) is 0.735. The van der Waals surface area contributed by atoms with Gasteiger partial charge in [0.2, 0.25) is 5.78 Å². The molecule has 2 heterocycles. The Morgan fingerprint density at radius 2 is 1.91 bits per heavy atom. The molecule has 1 aromatic carbocycles. The molecule has 0 aliphatic rings. The van der Waals surface area contributed by atoms with E-state index in [0.29, 0.717) is 12.1 Å². The molecule has 0 radical (unpaired) electrons. The van der Waals surface area contributed by atoms with Gasteiger partial charge in [-0.3, -0.25) is 9.59 Å². The van der Waals surface area contributed by atoms with Gasteiger partial charge in [-0.25, -0.2) is 4.39 Å². The molecule has 0 amide bonds. The Morgan fingerprint density at radius 1 is 1.09 bits per heavy atom. The fourth-order valence-electron chi connectivity index (χ4n) is 2.56. The van der Waals surface area contributed by atoms with E-state index in [1.165, 1.54) is 18.2 Å². The summed E-state index contributed by atoms with van der Waals surface area (Å²) in [7, 11) is 0. The zero-order valence-electron chi connectivity index (χ0n) is 12.2. The summed E-state index contributed by atoms with van der Waals surface area (Å²) in [6.07, 6.45) is 2.08. The van der Waals surface area contributed by atoms with Gasteiger partial charge in [0.25, 0.3) is 0 Å². The van der Waals surface area contributed by atoms with Gasteiger partial charge >= 0.3 is 5.97 Å². The first-order chi connectivity index (χ1) is 11.0. The number of nitrogens with zero attached hydrogens (tertiary/aromatic N) is 1. The Labute approximate surface area is 131 Å². The highest BCUT2D eigenvalue weighted by molar-refractivity contribution is 6.08. The van der Waals surface area contributed by atoms with Crippen LogP contribution in [0.3, 0.4) is 0 Å². The number of aryl methyl sites for hydroxylation is 1. The first-order valence-electron chi connectivity index (χ1n) is 7.16. The minimum absolute atomic E-state index is 0.00945. The van der Waals surface area contributed by atoms with Gasteiger partial charge in [-0.15, -0.1) is 0 Å². The predicted molar refractivity (Wildman–Crippen MR) is 83.2 cm³/mol. The molecule has 0 saturated heterocycles. The number of ketones is 1. The highest BCUT2D eigenvalue weighted by atomic mass is 19.1. The fraction of sp³-hybridized carbons (Fsp3) is 0.111. The Hall–Kier alpha value is -2.95. The largest absolute Gasteiger partial charge is 0.481 e. The Kier molecular flexibility index (Phi) is 3.93. The molecule has 23 heavy (non-hydrogen) atoms. The molecule has 0 fully saturated rings. The molecule has 0 atom stereocenters. The number of rotatable bonds is 5. The predicted octanol–water partition coefficient (Wildman–Crippen LogP) is 3.33. The third-order valence-electron chi connectivity index (χ3n) is 3.64. The highest BCUT2D eigenvalue weighted by Gasteiger charge is 2.15. The van der Waals surface area contributed by atoms with Gasteiger partial charge in [0.15, 0.2) is 0 Å². The highest BCUT2D eigenvalue weighted by Crippen LogP contribution is 2.18. The van der Waals surface area contributed by atoms with Gasteiger partial charge in [0.1, 0.15) is 5.82 Å². The summed E-state index contributed by atoms with van der Waals surface area (Å²) in [4.78, 5) is 23.4. The lowest BCUT2D eigenvalue weighted by Gasteiger charge is -2.09. The van der Waals surface area contributed by atoms with E-state index in [9.17, 15) is 14.0 Å². The molecule has 0 aliphatic carbocycles. The van der Waals surface area contributed by atoms with E-state index in [1.807, 2.05) is 12.1 Å². The summed E-state index contributed by atoms with van der Waals surface area (Å²) in [5, 5.41) is 8.82. The number of aromatic nitrogens is 1. The summed E-state index contributed by atoms with van der Waals surface area (Å²) in [5.74, 6) is -1.66. The molecule has 3 aromatic rings. The van der Waals surface area contributed by atoms with Crippen molar-refractivity contribution in [1.82, 2.24) is 4.40 Å². The molecule has 4 nitrogen and oxygen atoms in total. The number of aliphatic carboxylic acids is 1. The van der Waals surface area contributed by atoms with Crippen molar-refractivity contribution in [3.63, 3.8) is 0 Å². The van der Waals surface area contributed by atoms with Crippen LogP contribution in [0.15, 0.2) is 54.7 Å². The number of hydrogen-bond donors (Lipinski definition) is 1. The summed E-state index contributed by atoms with van der Waals surface area (Å²) in [6, 6.07) is 12.7. The Morgan fingerprint density at radius 3 is 2.65 bits per heavy atom. The number of carbonyl (C=O) groups is 2. The molecule has 116 valence electrons. The molecule has 2 aromatic heterocycles. The van der Waals surface area contributed by atoms with Crippen LogP contribution in [0.5, 0.6) is 0 Å². The minimum atomic E-state index is -0.890. The minimum Gasteiger partial charge on any atom is -0.481 e. The number of carboxylic acid groups (broad SMARTS) is 1. The zero-order valence-corrected chi connectivity index (χ0v) is 12.2. The molecule has 3 rings (SSSR count). The van der Waals surface area contributed by atoms with E-state index in [0.717, 1.165) is 11.1 Å². The average molecular weight is 311 g/mol. The molecule has 0 saturated carbocycles. The number of hydrogen-bond acceptors (Lipinski definition) is 2. The first-order valence-corrected chi connectivity index (χ1v) is 7.16. The van der Waals surface area contributed by atoms with Crippen LogP contribution in [-0.4, -0.2) is 21.3 Å². The fourth-order valence-corrected chi connectivity index (χ4v) is 2.56. The first kappa shape index (κ1) is 15.0. The van der Waals surface area contributed by atoms with Crippen molar-refractivity contribution >= 4 is 17.3 Å². The number of carboxylic acids is 1. The second-order valence-electron chi connectivity index (χ2n) is 5.29. The van der Waals surface area contributed by atoms with Gasteiger partial charge in [0, 0.05) is 23.7 Å². The summed E-state index contributed by atoms with van der Waals surface area (Å²) in [6.45, 7) is 0. The lowest BCUT2D eigenvalue weighted by atomic mass is 10.0. The number of benzene rings is 1. The van der Waals surface area contributed by atoms with Gasteiger partial charge in [0.05, 0.1) is 5.69 Å². The van der Waals surface area contributed by atoms with Crippen LogP contribution in [0.2, 0.25) is 0 Å². The van der Waals surface area contributed by atoms with Crippen LogP contribution in [0.1, 0.15) is 28.0 Å². The maximum Gasteiger partial charge on any atom is 0.303 e. The van der Waals surface area contributed by atoms with E-state index in [1.54, 1.807) is 28.8 Å². The van der Waals surface area contributed by atoms with Crippen molar-refractivity contribution < 1.29 is 19.1 Å². The molecule has 0 unspecified atom stereocenters. The SMILES string of the molecule is O=C(O)CCc1cc(C(=O)c2cccc(F)c2)n2cccc2c1. The maximum atomic E-state index is 13.4. The maximum absolute atomic E-state index is 13.4. The molecular formula is C18H14FNO3. The van der Waals surface area contributed by atoms with Crippen LogP contribution in [0, 0.1) is 5.82 Å². The molecule has 1 N–H and O–H groups in total. The van der Waals surface area contributed by atoms with Crippen LogP contribution in [0.25, 0.3) is 5.52 Å². The standard InChI is InChI=1S/C18H14FNO3/c19-14-4-1-3-13(11-14)18(23)16-10-12(6-7-17(21)22)9-15-5-2-8-20(15)16/h1-5,8-11H,6-7H2,(H,21,22). The van der Waals surface area contributed by atoms with Crippen molar-refractivity contribution in [3.8, 4) is 0 Å². The topological polar surface area (TPSA) is 58.8 Å². The number of carbonyl (C=O) groups excluding carboxylic acids is 1. The zero-order chi connectivity index (χ0) is 16.4. The summed E-state index contributed by atoms with van der Waals surface area (Å²) >= 11 is 0. The third kappa shape index (κ3) is 3.13. The van der Waals surface area contributed by atoms with E-state index in [2.05, 4.69) is 0 Å². The summed E-state index contributed by atoms with van der Waals surface area (Å²) < 4.78 is 15.1. The third-order valence-corrected chi connectivity index (χ3v) is 3.64. The van der Waals surface area contributed by atoms with Crippen molar-refractivity contribution in [2.75, 3.05) is 0 Å². The molecular weight excluding hydrogens is 297 g/mol. The number of fused-ring (bicyclic) bond motifs is 1. The van der Waals surface area contributed by atoms with E-state index < -0.39 is 11.8 Å². The van der Waals surface area contributed by atoms with Gasteiger partial charge in [-0.2, -0.15) is 0 Å². The lowest BCUT2D eigenvalue weighted by molar-refractivity contribution is -0.136. The van der Waals surface area contributed by atoms with Crippen molar-refractivity contribution in [3.05, 3.63) is 77.4 Å². The van der Waals surface area contributed by atoms with Crippen molar-refractivity contribution in [2.24, 2.45) is 0 Å². The average Bonchev–Trinajstić information content (AvgIpc) is 2.99. The molecule has 0 bridgehead atoms. The molecule has 0 aliphatic heterocycles.